The summed E-state index contributed by atoms with van der Waals surface area (Å²) in [6.45, 7) is 8.32. The number of nitrogens with zero attached hydrogens (tertiary/aromatic N) is 4. The molecular formula is C27H33N5O3. The Bertz CT molecular complexity index is 1110. The molecule has 8 heteroatoms. The van der Waals surface area contributed by atoms with Gasteiger partial charge in [0, 0.05) is 44.3 Å². The van der Waals surface area contributed by atoms with Gasteiger partial charge in [-0.1, -0.05) is 30.9 Å². The summed E-state index contributed by atoms with van der Waals surface area (Å²) in [7, 11) is 1.61. The molecule has 0 bridgehead atoms. The minimum atomic E-state index is 0.0507. The number of carbonyl (C=O) groups excluding carboxylic acids is 2. The molecule has 1 aromatic heterocycles. The number of amides is 2. The summed E-state index contributed by atoms with van der Waals surface area (Å²) in [6, 6.07) is 12.6. The fourth-order valence-electron chi connectivity index (χ4n) is 4.43. The van der Waals surface area contributed by atoms with Crippen LogP contribution < -0.4 is 10.6 Å². The Balaban J connectivity index is 0.00000108. The fourth-order valence-corrected chi connectivity index (χ4v) is 4.43. The molecule has 2 aromatic rings. The highest BCUT2D eigenvalue weighted by atomic mass is 16.5. The number of benzene rings is 1. The minimum absolute atomic E-state index is 0.0507. The van der Waals surface area contributed by atoms with Gasteiger partial charge in [-0.3, -0.25) is 9.59 Å². The van der Waals surface area contributed by atoms with Gasteiger partial charge in [0.25, 0.3) is 0 Å². The highest BCUT2D eigenvalue weighted by molar-refractivity contribution is 5.77. The lowest BCUT2D eigenvalue weighted by Gasteiger charge is -2.41. The maximum absolute atomic E-state index is 12.5. The van der Waals surface area contributed by atoms with E-state index < -0.39 is 0 Å². The van der Waals surface area contributed by atoms with Crippen LogP contribution in [0.25, 0.3) is 17.2 Å². The van der Waals surface area contributed by atoms with Gasteiger partial charge >= 0.3 is 0 Å². The van der Waals surface area contributed by atoms with Crippen LogP contribution in [0.3, 0.4) is 0 Å². The molecule has 8 nitrogen and oxygen atoms in total. The number of aromatic nitrogens is 1. The Kier molecular flexibility index (Phi) is 8.98. The van der Waals surface area contributed by atoms with E-state index in [4.69, 9.17) is 14.5 Å². The van der Waals surface area contributed by atoms with Crippen molar-refractivity contribution in [1.82, 2.24) is 9.88 Å². The Morgan fingerprint density at radius 1 is 1.34 bits per heavy atom. The number of ether oxygens (including phenoxy) is 1. The Hall–Kier alpha value is -3.70. The fraction of sp³-hybridized carbons (Fsp3) is 0.407. The van der Waals surface area contributed by atoms with E-state index in [2.05, 4.69) is 42.3 Å². The van der Waals surface area contributed by atoms with Gasteiger partial charge in [-0.2, -0.15) is 5.26 Å². The molecule has 1 atom stereocenters. The average molecular weight is 476 g/mol. The molecule has 0 radical (unpaired) electrons. The predicted octanol–water partition coefficient (Wildman–Crippen LogP) is 3.32. The van der Waals surface area contributed by atoms with E-state index >= 15 is 0 Å². The van der Waals surface area contributed by atoms with Crippen molar-refractivity contribution >= 4 is 24.2 Å². The van der Waals surface area contributed by atoms with Crippen molar-refractivity contribution in [2.24, 2.45) is 5.73 Å². The molecule has 1 aliphatic heterocycles. The van der Waals surface area contributed by atoms with Crippen molar-refractivity contribution in [1.29, 1.82) is 5.26 Å². The quantitative estimate of drug-likeness (QED) is 0.615. The number of pyridine rings is 1. The molecule has 1 saturated heterocycles. The van der Waals surface area contributed by atoms with Crippen molar-refractivity contribution < 1.29 is 14.3 Å². The summed E-state index contributed by atoms with van der Waals surface area (Å²) >= 11 is 0. The number of nitrogens with two attached hydrogens (primary N) is 1. The first kappa shape index (κ1) is 25.9. The largest absolute Gasteiger partial charge is 0.384 e. The van der Waals surface area contributed by atoms with E-state index in [1.165, 1.54) is 0 Å². The molecule has 2 fully saturated rings. The third kappa shape index (κ3) is 6.25. The Morgan fingerprint density at radius 3 is 2.69 bits per heavy atom. The van der Waals surface area contributed by atoms with Crippen molar-refractivity contribution in [3.05, 3.63) is 53.7 Å². The second-order valence-corrected chi connectivity index (χ2v) is 8.77. The van der Waals surface area contributed by atoms with E-state index in [9.17, 15) is 10.1 Å². The van der Waals surface area contributed by atoms with Crippen molar-refractivity contribution in [3.8, 4) is 17.2 Å². The second kappa shape index (κ2) is 12.1. The van der Waals surface area contributed by atoms with E-state index in [-0.39, 0.29) is 18.4 Å². The predicted molar refractivity (Wildman–Crippen MR) is 137 cm³/mol. The summed E-state index contributed by atoms with van der Waals surface area (Å²) in [5.74, 6) is 1.30. The normalized spacial score (nSPS) is 17.1. The van der Waals surface area contributed by atoms with Gasteiger partial charge < -0.3 is 20.3 Å². The van der Waals surface area contributed by atoms with Crippen LogP contribution in [0.1, 0.15) is 48.9 Å². The van der Waals surface area contributed by atoms with Gasteiger partial charge in [-0.25, -0.2) is 4.98 Å². The van der Waals surface area contributed by atoms with Crippen LogP contribution in [-0.4, -0.2) is 61.6 Å². The van der Waals surface area contributed by atoms with Crippen molar-refractivity contribution in [2.75, 3.05) is 38.3 Å². The van der Waals surface area contributed by atoms with Crippen LogP contribution in [0, 0.1) is 11.3 Å². The molecule has 2 N–H and O–H groups in total. The van der Waals surface area contributed by atoms with Crippen LogP contribution in [0.4, 0.5) is 5.82 Å². The first-order valence-electron chi connectivity index (χ1n) is 11.8. The second-order valence-electron chi connectivity index (χ2n) is 8.77. The molecule has 1 aromatic carbocycles. The lowest BCUT2D eigenvalue weighted by Crippen LogP contribution is -2.54. The number of hydrogen-bond acceptors (Lipinski definition) is 6. The van der Waals surface area contributed by atoms with Gasteiger partial charge in [0.15, 0.2) is 0 Å². The smallest absolute Gasteiger partial charge is 0.225 e. The molecule has 184 valence electrons. The van der Waals surface area contributed by atoms with Crippen LogP contribution in [0.2, 0.25) is 0 Å². The number of methoxy groups -OCH3 is 1. The highest BCUT2D eigenvalue weighted by Gasteiger charge is 2.33. The summed E-state index contributed by atoms with van der Waals surface area (Å²) in [5.41, 5.74) is 8.99. The first-order chi connectivity index (χ1) is 17.0. The van der Waals surface area contributed by atoms with E-state index in [0.29, 0.717) is 44.1 Å². The number of anilines is 1. The summed E-state index contributed by atoms with van der Waals surface area (Å²) in [5, 5.41) is 9.96. The van der Waals surface area contributed by atoms with Crippen LogP contribution >= 0.6 is 0 Å². The van der Waals surface area contributed by atoms with Crippen LogP contribution in [0.5, 0.6) is 0 Å². The number of rotatable bonds is 7. The zero-order valence-electron chi connectivity index (χ0n) is 20.4. The molecule has 1 saturated carbocycles. The van der Waals surface area contributed by atoms with E-state index in [1.54, 1.807) is 7.11 Å². The summed E-state index contributed by atoms with van der Waals surface area (Å²) in [4.78, 5) is 30.2. The molecular weight excluding hydrogens is 442 g/mol. The molecule has 4 rings (SSSR count). The highest BCUT2D eigenvalue weighted by Crippen LogP contribution is 2.45. The topological polar surface area (TPSA) is 113 Å². The van der Waals surface area contributed by atoms with Gasteiger partial charge in [-0.05, 0) is 43.0 Å². The standard InChI is InChI=1S/C26H30N4O2.CH3NO/c1-4-19-6-5-7-21(14-19)23-15-22(16-27)26(28-25(23)20-8-9-20)29-11-12-30(18(2)17-29)24(31)10-13-32-3;2-1-3/h4-7,14-15,18,20H,1,8-13,17H2,2-3H3;1H,(H2,2,3). The third-order valence-electron chi connectivity index (χ3n) is 6.32. The number of hydrogen-bond donors (Lipinski definition) is 1. The van der Waals surface area contributed by atoms with Gasteiger partial charge in [0.1, 0.15) is 11.9 Å². The monoisotopic (exact) mass is 475 g/mol. The van der Waals surface area contributed by atoms with E-state index in [0.717, 1.165) is 41.0 Å². The Labute approximate surface area is 207 Å². The molecule has 35 heavy (non-hydrogen) atoms. The lowest BCUT2D eigenvalue weighted by molar-refractivity contribution is -0.134. The molecule has 1 unspecified atom stereocenters. The first-order valence-corrected chi connectivity index (χ1v) is 11.8. The third-order valence-corrected chi connectivity index (χ3v) is 6.32. The zero-order valence-corrected chi connectivity index (χ0v) is 20.4. The number of carbonyl (C=O) groups is 2. The molecule has 1 aliphatic carbocycles. The molecule has 2 amide bonds. The number of piperazine rings is 1. The van der Waals surface area contributed by atoms with Crippen LogP contribution in [0.15, 0.2) is 36.9 Å². The molecule has 2 aliphatic rings. The van der Waals surface area contributed by atoms with Crippen molar-refractivity contribution in [2.45, 2.75) is 38.1 Å². The number of nitriles is 1. The van der Waals surface area contributed by atoms with E-state index in [1.807, 2.05) is 29.2 Å². The SMILES string of the molecule is C=Cc1cccc(-c2cc(C#N)c(N3CCN(C(=O)CCOC)C(C)C3)nc2C2CC2)c1.NC=O. The minimum Gasteiger partial charge on any atom is -0.384 e. The summed E-state index contributed by atoms with van der Waals surface area (Å²) in [6.07, 6.45) is 4.74. The number of primary amides is 1. The van der Waals surface area contributed by atoms with Gasteiger partial charge in [0.2, 0.25) is 12.3 Å². The summed E-state index contributed by atoms with van der Waals surface area (Å²) < 4.78 is 5.05. The Morgan fingerprint density at radius 2 is 2.09 bits per heavy atom. The van der Waals surface area contributed by atoms with Crippen LogP contribution in [-0.2, 0) is 14.3 Å². The maximum Gasteiger partial charge on any atom is 0.225 e. The average Bonchev–Trinajstić information content (AvgIpc) is 3.72. The molecule has 2 heterocycles. The zero-order chi connectivity index (χ0) is 25.4. The van der Waals surface area contributed by atoms with Gasteiger partial charge in [0.05, 0.1) is 24.3 Å². The molecule has 0 spiro atoms. The van der Waals surface area contributed by atoms with Gasteiger partial charge in [-0.15, -0.1) is 0 Å². The van der Waals surface area contributed by atoms with Crippen molar-refractivity contribution in [3.63, 3.8) is 0 Å². The maximum atomic E-state index is 12.5. The lowest BCUT2D eigenvalue weighted by atomic mass is 9.97.